The van der Waals surface area contributed by atoms with Gasteiger partial charge in [0.25, 0.3) is 0 Å². The summed E-state index contributed by atoms with van der Waals surface area (Å²) >= 11 is 0. The second-order valence-corrected chi connectivity index (χ2v) is 4.92. The van der Waals surface area contributed by atoms with Gasteiger partial charge >= 0.3 is 0 Å². The molecule has 5 nitrogen and oxygen atoms in total. The maximum absolute atomic E-state index is 4.63. The number of likely N-dealkylation sites (N-methyl/N-ethyl adjacent to an activating group) is 1. The van der Waals surface area contributed by atoms with Crippen molar-refractivity contribution in [2.24, 2.45) is 0 Å². The van der Waals surface area contributed by atoms with E-state index in [1.54, 1.807) is 6.33 Å². The van der Waals surface area contributed by atoms with E-state index >= 15 is 0 Å². The zero-order chi connectivity index (χ0) is 14.4. The van der Waals surface area contributed by atoms with Crippen LogP contribution in [-0.4, -0.2) is 26.3 Å². The first-order chi connectivity index (χ1) is 9.74. The summed E-state index contributed by atoms with van der Waals surface area (Å²) in [6.07, 6.45) is 3.51. The van der Waals surface area contributed by atoms with Gasteiger partial charge in [0.1, 0.15) is 12.2 Å². The van der Waals surface area contributed by atoms with Crippen LogP contribution in [0.2, 0.25) is 0 Å². The Hall–Kier alpha value is -1.75. The fourth-order valence-corrected chi connectivity index (χ4v) is 2.31. The van der Waals surface area contributed by atoms with Gasteiger partial charge in [-0.3, -0.25) is 9.67 Å². The minimum Gasteiger partial charge on any atom is -0.309 e. The highest BCUT2D eigenvalue weighted by Gasteiger charge is 2.16. The molecule has 1 atom stereocenters. The Bertz CT molecular complexity index is 535. The topological polar surface area (TPSA) is 55.6 Å². The van der Waals surface area contributed by atoms with E-state index in [4.69, 9.17) is 0 Å². The molecule has 1 N–H and O–H groups in total. The van der Waals surface area contributed by atoms with Crippen LogP contribution < -0.4 is 5.32 Å². The van der Waals surface area contributed by atoms with Crippen LogP contribution in [-0.2, 0) is 13.0 Å². The van der Waals surface area contributed by atoms with E-state index in [0.29, 0.717) is 0 Å². The molecule has 0 aliphatic carbocycles. The number of aromatic nitrogens is 4. The molecule has 108 valence electrons. The quantitative estimate of drug-likeness (QED) is 0.841. The van der Waals surface area contributed by atoms with E-state index in [0.717, 1.165) is 43.1 Å². The van der Waals surface area contributed by atoms with Crippen molar-refractivity contribution in [2.45, 2.75) is 46.2 Å². The lowest BCUT2D eigenvalue weighted by Crippen LogP contribution is -2.25. The van der Waals surface area contributed by atoms with Gasteiger partial charge in [-0.1, -0.05) is 19.9 Å². The predicted molar refractivity (Wildman–Crippen MR) is 79.4 cm³/mol. The van der Waals surface area contributed by atoms with E-state index < -0.39 is 0 Å². The Balaban J connectivity index is 2.18. The molecule has 2 heterocycles. The van der Waals surface area contributed by atoms with Crippen molar-refractivity contribution < 1.29 is 0 Å². The summed E-state index contributed by atoms with van der Waals surface area (Å²) in [4.78, 5) is 9.02. The number of aryl methyl sites for hydroxylation is 2. The fraction of sp³-hybridized carbons (Fsp3) is 0.533. The van der Waals surface area contributed by atoms with Gasteiger partial charge in [0.2, 0.25) is 0 Å². The standard InChI is InChI=1S/C15H23N5/c1-4-9-20-15(17-11-18-20)10-14(16-5-2)13-8-6-7-12(3)19-13/h6-8,11,14,16H,4-5,9-10H2,1-3H3. The molecule has 0 aliphatic heterocycles. The minimum atomic E-state index is 0.180. The van der Waals surface area contributed by atoms with Crippen molar-refractivity contribution >= 4 is 0 Å². The third-order valence-electron chi connectivity index (χ3n) is 3.24. The monoisotopic (exact) mass is 273 g/mol. The van der Waals surface area contributed by atoms with Crippen LogP contribution in [0, 0.1) is 6.92 Å². The average Bonchev–Trinajstić information content (AvgIpc) is 2.86. The van der Waals surface area contributed by atoms with Crippen LogP contribution >= 0.6 is 0 Å². The van der Waals surface area contributed by atoms with E-state index in [2.05, 4.69) is 46.4 Å². The SMILES string of the molecule is CCCn1ncnc1CC(NCC)c1cccc(C)n1. The second-order valence-electron chi connectivity index (χ2n) is 4.92. The third kappa shape index (κ3) is 3.63. The number of nitrogens with one attached hydrogen (secondary N) is 1. The molecule has 2 aromatic heterocycles. The molecular weight excluding hydrogens is 250 g/mol. The first-order valence-corrected chi connectivity index (χ1v) is 7.28. The molecule has 1 unspecified atom stereocenters. The van der Waals surface area contributed by atoms with Gasteiger partial charge in [0.15, 0.2) is 0 Å². The second kappa shape index (κ2) is 7.14. The highest BCUT2D eigenvalue weighted by molar-refractivity contribution is 5.15. The number of hydrogen-bond acceptors (Lipinski definition) is 4. The molecule has 0 bridgehead atoms. The predicted octanol–water partition coefficient (Wildman–Crippen LogP) is 2.28. The summed E-state index contributed by atoms with van der Waals surface area (Å²) in [7, 11) is 0. The first-order valence-electron chi connectivity index (χ1n) is 7.28. The molecule has 0 aliphatic rings. The molecule has 0 radical (unpaired) electrons. The third-order valence-corrected chi connectivity index (χ3v) is 3.24. The van der Waals surface area contributed by atoms with Gasteiger partial charge in [-0.15, -0.1) is 0 Å². The van der Waals surface area contributed by atoms with E-state index in [1.165, 1.54) is 0 Å². The number of hydrogen-bond donors (Lipinski definition) is 1. The van der Waals surface area contributed by atoms with Crippen LogP contribution in [0.5, 0.6) is 0 Å². The largest absolute Gasteiger partial charge is 0.309 e. The lowest BCUT2D eigenvalue weighted by Gasteiger charge is -2.17. The van der Waals surface area contributed by atoms with Crippen LogP contribution in [0.4, 0.5) is 0 Å². The smallest absolute Gasteiger partial charge is 0.138 e. The highest BCUT2D eigenvalue weighted by Crippen LogP contribution is 2.16. The van der Waals surface area contributed by atoms with Gasteiger partial charge in [-0.2, -0.15) is 5.10 Å². The van der Waals surface area contributed by atoms with Crippen molar-refractivity contribution in [3.05, 3.63) is 41.7 Å². The number of nitrogens with zero attached hydrogens (tertiary/aromatic N) is 4. The minimum absolute atomic E-state index is 0.180. The van der Waals surface area contributed by atoms with E-state index in [9.17, 15) is 0 Å². The number of rotatable bonds is 7. The molecule has 0 spiro atoms. The van der Waals surface area contributed by atoms with Crippen molar-refractivity contribution in [3.63, 3.8) is 0 Å². The Morgan fingerprint density at radius 2 is 2.15 bits per heavy atom. The zero-order valence-corrected chi connectivity index (χ0v) is 12.5. The molecule has 20 heavy (non-hydrogen) atoms. The molecule has 0 saturated heterocycles. The maximum Gasteiger partial charge on any atom is 0.138 e. The van der Waals surface area contributed by atoms with Gasteiger partial charge < -0.3 is 5.32 Å². The molecule has 2 aromatic rings. The lowest BCUT2D eigenvalue weighted by molar-refractivity contribution is 0.490. The van der Waals surface area contributed by atoms with Gasteiger partial charge in [-0.25, -0.2) is 4.98 Å². The van der Waals surface area contributed by atoms with Crippen molar-refractivity contribution in [2.75, 3.05) is 6.54 Å². The number of pyridine rings is 1. The zero-order valence-electron chi connectivity index (χ0n) is 12.5. The summed E-state index contributed by atoms with van der Waals surface area (Å²) in [6.45, 7) is 8.10. The molecule has 0 amide bonds. The van der Waals surface area contributed by atoms with Gasteiger partial charge in [-0.05, 0) is 32.0 Å². The van der Waals surface area contributed by atoms with Crippen LogP contribution in [0.15, 0.2) is 24.5 Å². The molecule has 0 aromatic carbocycles. The van der Waals surface area contributed by atoms with E-state index in [1.807, 2.05) is 17.7 Å². The van der Waals surface area contributed by atoms with Crippen molar-refractivity contribution in [3.8, 4) is 0 Å². The van der Waals surface area contributed by atoms with Crippen LogP contribution in [0.1, 0.15) is 43.5 Å². The van der Waals surface area contributed by atoms with Crippen LogP contribution in [0.3, 0.4) is 0 Å². The summed E-state index contributed by atoms with van der Waals surface area (Å²) < 4.78 is 1.99. The molecule has 2 rings (SSSR count). The molecule has 5 heteroatoms. The van der Waals surface area contributed by atoms with Crippen LogP contribution in [0.25, 0.3) is 0 Å². The Morgan fingerprint density at radius 3 is 2.85 bits per heavy atom. The molecule has 0 saturated carbocycles. The summed E-state index contributed by atoms with van der Waals surface area (Å²) in [6, 6.07) is 6.32. The summed E-state index contributed by atoms with van der Waals surface area (Å²) in [5.41, 5.74) is 2.11. The Morgan fingerprint density at radius 1 is 1.30 bits per heavy atom. The summed E-state index contributed by atoms with van der Waals surface area (Å²) in [5, 5.41) is 7.78. The molecule has 0 fully saturated rings. The van der Waals surface area contributed by atoms with E-state index in [-0.39, 0.29) is 6.04 Å². The normalized spacial score (nSPS) is 12.6. The average molecular weight is 273 g/mol. The maximum atomic E-state index is 4.63. The Kier molecular flexibility index (Phi) is 5.24. The first kappa shape index (κ1) is 14.7. The van der Waals surface area contributed by atoms with Gasteiger partial charge in [0, 0.05) is 18.7 Å². The van der Waals surface area contributed by atoms with Gasteiger partial charge in [0.05, 0.1) is 11.7 Å². The molecular formula is C15H23N5. The van der Waals surface area contributed by atoms with Crippen molar-refractivity contribution in [1.29, 1.82) is 0 Å². The summed E-state index contributed by atoms with van der Waals surface area (Å²) in [5.74, 6) is 1.01. The Labute approximate surface area is 120 Å². The lowest BCUT2D eigenvalue weighted by atomic mass is 10.1. The highest BCUT2D eigenvalue weighted by atomic mass is 15.3. The fourth-order valence-electron chi connectivity index (χ4n) is 2.31. The van der Waals surface area contributed by atoms with Crippen molar-refractivity contribution in [1.82, 2.24) is 25.1 Å².